The van der Waals surface area contributed by atoms with E-state index in [1.807, 2.05) is 6.92 Å². The topological polar surface area (TPSA) is 76.5 Å². The van der Waals surface area contributed by atoms with Crippen molar-refractivity contribution in [2.45, 2.75) is 39.5 Å². The van der Waals surface area contributed by atoms with E-state index in [1.165, 1.54) is 18.6 Å². The van der Waals surface area contributed by atoms with Gasteiger partial charge in [0.1, 0.15) is 4.60 Å². The molecule has 0 fully saturated rings. The maximum atomic E-state index is 12.7. The first-order valence-corrected chi connectivity index (χ1v) is 8.67. The van der Waals surface area contributed by atoms with Gasteiger partial charge in [-0.25, -0.2) is 9.97 Å². The van der Waals surface area contributed by atoms with Crippen LogP contribution in [0.3, 0.4) is 0 Å². The molecule has 1 aromatic rings. The number of carbonyl (C=O) groups is 1. The zero-order valence-corrected chi connectivity index (χ0v) is 15.4. The number of aromatic nitrogens is 2. The van der Waals surface area contributed by atoms with Crippen LogP contribution in [-0.4, -0.2) is 34.9 Å². The second-order valence-corrected chi connectivity index (χ2v) is 6.41. The van der Waals surface area contributed by atoms with E-state index in [1.54, 1.807) is 13.0 Å². The summed E-state index contributed by atoms with van der Waals surface area (Å²) in [6, 6.07) is 0. The predicted molar refractivity (Wildman–Crippen MR) is 93.4 cm³/mol. The number of aliphatic imine (C=N–C) groups is 1. The third-order valence-electron chi connectivity index (χ3n) is 3.86. The van der Waals surface area contributed by atoms with Crippen LogP contribution in [0.5, 0.6) is 0 Å². The van der Waals surface area contributed by atoms with Gasteiger partial charge < -0.3 is 5.32 Å². The van der Waals surface area contributed by atoms with E-state index in [4.69, 9.17) is 0 Å². The van der Waals surface area contributed by atoms with E-state index >= 15 is 0 Å². The Morgan fingerprint density at radius 1 is 1.40 bits per heavy atom. The number of hydrogen-bond donors (Lipinski definition) is 1. The summed E-state index contributed by atoms with van der Waals surface area (Å²) in [5.41, 5.74) is 0.713. The van der Waals surface area contributed by atoms with Crippen LogP contribution in [0.1, 0.15) is 26.7 Å². The van der Waals surface area contributed by atoms with Crippen molar-refractivity contribution in [3.05, 3.63) is 28.6 Å². The first kappa shape index (κ1) is 19.6. The average Bonchev–Trinajstić information content (AvgIpc) is 2.56. The number of nitrogens with one attached hydrogen (secondary N) is 1. The summed E-state index contributed by atoms with van der Waals surface area (Å²) in [6.45, 7) is 0.764. The van der Waals surface area contributed by atoms with E-state index in [0.717, 1.165) is 6.42 Å². The Kier molecular flexibility index (Phi) is 7.12. The van der Waals surface area contributed by atoms with Crippen LogP contribution in [-0.2, 0) is 9.53 Å². The van der Waals surface area contributed by atoms with Gasteiger partial charge in [0, 0.05) is 12.1 Å². The lowest BCUT2D eigenvalue weighted by Crippen LogP contribution is -2.34. The molecule has 0 saturated carbocycles. The van der Waals surface area contributed by atoms with E-state index < -0.39 is 24.7 Å². The fraction of sp³-hybridized carbons (Fsp3) is 0.500. The largest absolute Gasteiger partial charge is 0.347 e. The quantitative estimate of drug-likeness (QED) is 0.732. The first-order chi connectivity index (χ1) is 11.9. The fourth-order valence-electron chi connectivity index (χ4n) is 2.68. The molecule has 2 rings (SSSR count). The maximum absolute atomic E-state index is 12.7. The summed E-state index contributed by atoms with van der Waals surface area (Å²) in [6.07, 6.45) is 6.35. The summed E-state index contributed by atoms with van der Waals surface area (Å²) in [5, 5.41) is 2.72. The number of rotatable bonds is 7. The molecule has 1 N–H and O–H groups in total. The monoisotopic (exact) mass is 416 g/mol. The average molecular weight is 417 g/mol. The van der Waals surface area contributed by atoms with Crippen LogP contribution in [0.25, 0.3) is 0 Å². The molecule has 0 radical (unpaired) electrons. The molecule has 1 aliphatic rings. The SMILES string of the molecule is CCCC(C(=O)Nc1cnc(Br)cn1)C1=CC=NC(OC(F)F)C1C. The molecular weight excluding hydrogens is 398 g/mol. The molecule has 6 nitrogen and oxygen atoms in total. The molecule has 1 aromatic heterocycles. The first-order valence-electron chi connectivity index (χ1n) is 7.87. The molecule has 1 aliphatic heterocycles. The second kappa shape index (κ2) is 9.10. The lowest BCUT2D eigenvalue weighted by molar-refractivity contribution is -0.169. The number of carbonyl (C=O) groups excluding carboxylic acids is 1. The van der Waals surface area contributed by atoms with Crippen molar-refractivity contribution in [1.82, 2.24) is 9.97 Å². The standard InChI is InChI=1S/C16H19BrF2N4O2/c1-3-4-11(14(24)23-13-8-21-12(17)7-22-13)10-5-6-20-15(9(10)2)25-16(18)19/h5-9,11,15-16H,3-4H2,1-2H3,(H,22,23,24). The molecule has 3 atom stereocenters. The van der Waals surface area contributed by atoms with Crippen molar-refractivity contribution in [2.75, 3.05) is 5.32 Å². The number of ether oxygens (including phenoxy) is 1. The maximum Gasteiger partial charge on any atom is 0.347 e. The number of dihydropyridines is 1. The summed E-state index contributed by atoms with van der Waals surface area (Å²) in [4.78, 5) is 24.7. The number of alkyl halides is 2. The Hall–Kier alpha value is -1.74. The molecule has 0 spiro atoms. The minimum absolute atomic E-state index is 0.261. The molecule has 0 aliphatic carbocycles. The Bertz CT molecular complexity index is 652. The number of allylic oxidation sites excluding steroid dienone is 1. The highest BCUT2D eigenvalue weighted by Gasteiger charge is 2.33. The van der Waals surface area contributed by atoms with E-state index in [-0.39, 0.29) is 5.91 Å². The molecule has 0 aromatic carbocycles. The minimum Gasteiger partial charge on any atom is -0.309 e. The van der Waals surface area contributed by atoms with Crippen LogP contribution in [0, 0.1) is 11.8 Å². The van der Waals surface area contributed by atoms with Crippen LogP contribution >= 0.6 is 15.9 Å². The summed E-state index contributed by atoms with van der Waals surface area (Å²) in [5.74, 6) is -0.853. The molecule has 0 saturated heterocycles. The normalized spacial score (nSPS) is 21.1. The zero-order valence-electron chi connectivity index (χ0n) is 13.8. The summed E-state index contributed by atoms with van der Waals surface area (Å²) in [7, 11) is 0. The zero-order chi connectivity index (χ0) is 18.4. The highest BCUT2D eigenvalue weighted by Crippen LogP contribution is 2.32. The minimum atomic E-state index is -2.92. The van der Waals surface area contributed by atoms with Crippen molar-refractivity contribution in [3.63, 3.8) is 0 Å². The third-order valence-corrected chi connectivity index (χ3v) is 4.27. The van der Waals surface area contributed by atoms with Crippen molar-refractivity contribution in [3.8, 4) is 0 Å². The number of hydrogen-bond acceptors (Lipinski definition) is 5. The van der Waals surface area contributed by atoms with Crippen molar-refractivity contribution in [2.24, 2.45) is 16.8 Å². The smallest absolute Gasteiger partial charge is 0.309 e. The van der Waals surface area contributed by atoms with Gasteiger partial charge in [-0.2, -0.15) is 8.78 Å². The molecular formula is C16H19BrF2N4O2. The summed E-state index contributed by atoms with van der Waals surface area (Å²) < 4.78 is 30.2. The molecule has 1 amide bonds. The summed E-state index contributed by atoms with van der Waals surface area (Å²) >= 11 is 3.18. The highest BCUT2D eigenvalue weighted by molar-refractivity contribution is 9.10. The van der Waals surface area contributed by atoms with Gasteiger partial charge in [0.05, 0.1) is 18.3 Å². The Balaban J connectivity index is 2.15. The van der Waals surface area contributed by atoms with Gasteiger partial charge >= 0.3 is 6.61 Å². The number of anilines is 1. The van der Waals surface area contributed by atoms with Gasteiger partial charge in [-0.1, -0.05) is 20.3 Å². The van der Waals surface area contributed by atoms with E-state index in [0.29, 0.717) is 22.4 Å². The fourth-order valence-corrected chi connectivity index (χ4v) is 2.88. The predicted octanol–water partition coefficient (Wildman–Crippen LogP) is 3.81. The molecule has 3 unspecified atom stereocenters. The lowest BCUT2D eigenvalue weighted by atomic mass is 9.83. The molecule has 9 heteroatoms. The van der Waals surface area contributed by atoms with Gasteiger partial charge in [0.25, 0.3) is 0 Å². The molecule has 0 bridgehead atoms. The lowest BCUT2D eigenvalue weighted by Gasteiger charge is -2.30. The second-order valence-electron chi connectivity index (χ2n) is 5.60. The van der Waals surface area contributed by atoms with Crippen molar-refractivity contribution in [1.29, 1.82) is 0 Å². The Morgan fingerprint density at radius 2 is 2.16 bits per heavy atom. The molecule has 2 heterocycles. The van der Waals surface area contributed by atoms with Gasteiger partial charge in [-0.15, -0.1) is 0 Å². The Labute approximate surface area is 152 Å². The number of nitrogens with zero attached hydrogens (tertiary/aromatic N) is 3. The highest BCUT2D eigenvalue weighted by atomic mass is 79.9. The van der Waals surface area contributed by atoms with Crippen LogP contribution in [0.15, 0.2) is 33.6 Å². The molecule has 25 heavy (non-hydrogen) atoms. The third kappa shape index (κ3) is 5.37. The van der Waals surface area contributed by atoms with E-state index in [2.05, 4.69) is 40.9 Å². The van der Waals surface area contributed by atoms with Gasteiger partial charge in [0.2, 0.25) is 5.91 Å². The molecule has 136 valence electrons. The van der Waals surface area contributed by atoms with Crippen molar-refractivity contribution >= 4 is 33.9 Å². The van der Waals surface area contributed by atoms with Gasteiger partial charge in [-0.05, 0) is 34.0 Å². The van der Waals surface area contributed by atoms with Crippen LogP contribution < -0.4 is 5.32 Å². The van der Waals surface area contributed by atoms with Crippen LogP contribution in [0.2, 0.25) is 0 Å². The van der Waals surface area contributed by atoms with E-state index in [9.17, 15) is 13.6 Å². The van der Waals surface area contributed by atoms with Gasteiger partial charge in [-0.3, -0.25) is 14.5 Å². The number of amides is 1. The van der Waals surface area contributed by atoms with Crippen LogP contribution in [0.4, 0.5) is 14.6 Å². The van der Waals surface area contributed by atoms with Gasteiger partial charge in [0.15, 0.2) is 12.0 Å². The van der Waals surface area contributed by atoms with Crippen molar-refractivity contribution < 1.29 is 18.3 Å². The Morgan fingerprint density at radius 3 is 2.76 bits per heavy atom. The number of halogens is 3.